The van der Waals surface area contributed by atoms with Crippen LogP contribution in [0.4, 0.5) is 0 Å². The molecule has 0 saturated carbocycles. The standard InChI is InChI=1S/C12H9BrN2O2/c13-12-5-8(14-7-15-12)11-6-16-9-3-1-2-4-10(9)17-11/h1-5,7,11H,6H2/t11-/m1/s1. The molecule has 4 nitrogen and oxygen atoms in total. The van der Waals surface area contributed by atoms with E-state index in [0.717, 1.165) is 21.8 Å². The fourth-order valence-corrected chi connectivity index (χ4v) is 2.01. The summed E-state index contributed by atoms with van der Waals surface area (Å²) in [6.07, 6.45) is 1.31. The van der Waals surface area contributed by atoms with Crippen LogP contribution >= 0.6 is 15.9 Å². The lowest BCUT2D eigenvalue weighted by Gasteiger charge is -2.25. The molecule has 0 radical (unpaired) electrons. The maximum Gasteiger partial charge on any atom is 0.175 e. The fourth-order valence-electron chi connectivity index (χ4n) is 1.69. The van der Waals surface area contributed by atoms with Crippen LogP contribution in [0.3, 0.4) is 0 Å². The topological polar surface area (TPSA) is 44.2 Å². The van der Waals surface area contributed by atoms with E-state index < -0.39 is 0 Å². The van der Waals surface area contributed by atoms with Crippen LogP contribution < -0.4 is 9.47 Å². The summed E-state index contributed by atoms with van der Waals surface area (Å²) in [5.74, 6) is 1.52. The second-order valence-electron chi connectivity index (χ2n) is 3.63. The van der Waals surface area contributed by atoms with Gasteiger partial charge in [-0.15, -0.1) is 0 Å². The number of fused-ring (bicyclic) bond motifs is 1. The van der Waals surface area contributed by atoms with Crippen LogP contribution in [0, 0.1) is 0 Å². The molecule has 0 aliphatic carbocycles. The number of nitrogens with zero attached hydrogens (tertiary/aromatic N) is 2. The highest BCUT2D eigenvalue weighted by molar-refractivity contribution is 9.10. The summed E-state index contributed by atoms with van der Waals surface area (Å²) in [5.41, 5.74) is 0.807. The first kappa shape index (κ1) is 10.5. The third kappa shape index (κ3) is 2.10. The number of benzene rings is 1. The van der Waals surface area contributed by atoms with Gasteiger partial charge in [0.25, 0.3) is 0 Å². The van der Waals surface area contributed by atoms with Crippen molar-refractivity contribution in [1.82, 2.24) is 9.97 Å². The van der Waals surface area contributed by atoms with Gasteiger partial charge in [-0.05, 0) is 34.1 Å². The number of hydrogen-bond donors (Lipinski definition) is 0. The molecule has 0 amide bonds. The molecule has 2 heterocycles. The van der Waals surface area contributed by atoms with Gasteiger partial charge in [0.15, 0.2) is 17.6 Å². The summed E-state index contributed by atoms with van der Waals surface area (Å²) < 4.78 is 12.2. The molecule has 0 saturated heterocycles. The summed E-state index contributed by atoms with van der Waals surface area (Å²) in [7, 11) is 0. The Hall–Kier alpha value is -1.62. The van der Waals surface area contributed by atoms with Crippen molar-refractivity contribution in [3.8, 4) is 11.5 Å². The van der Waals surface area contributed by atoms with Crippen molar-refractivity contribution in [3.63, 3.8) is 0 Å². The first-order valence-corrected chi connectivity index (χ1v) is 5.98. The number of ether oxygens (including phenoxy) is 2. The molecular weight excluding hydrogens is 284 g/mol. The highest BCUT2D eigenvalue weighted by atomic mass is 79.9. The van der Waals surface area contributed by atoms with Crippen LogP contribution in [0.25, 0.3) is 0 Å². The molecule has 0 bridgehead atoms. The van der Waals surface area contributed by atoms with E-state index >= 15 is 0 Å². The minimum atomic E-state index is -0.191. The molecule has 0 unspecified atom stereocenters. The molecule has 5 heteroatoms. The van der Waals surface area contributed by atoms with E-state index in [2.05, 4.69) is 25.9 Å². The summed E-state index contributed by atoms with van der Waals surface area (Å²) in [4.78, 5) is 8.18. The Morgan fingerprint density at radius 3 is 2.82 bits per heavy atom. The summed E-state index contributed by atoms with van der Waals surface area (Å²) in [6, 6.07) is 9.45. The van der Waals surface area contributed by atoms with E-state index in [0.29, 0.717) is 6.61 Å². The Labute approximate surface area is 107 Å². The lowest BCUT2D eigenvalue weighted by atomic mass is 10.2. The van der Waals surface area contributed by atoms with Gasteiger partial charge in [0, 0.05) is 0 Å². The van der Waals surface area contributed by atoms with Gasteiger partial charge < -0.3 is 9.47 Å². The zero-order valence-corrected chi connectivity index (χ0v) is 10.4. The first-order valence-electron chi connectivity index (χ1n) is 5.19. The molecule has 0 fully saturated rings. The Bertz CT molecular complexity index is 548. The van der Waals surface area contributed by atoms with Crippen LogP contribution in [0.15, 0.2) is 41.3 Å². The number of halogens is 1. The smallest absolute Gasteiger partial charge is 0.175 e. The second-order valence-corrected chi connectivity index (χ2v) is 4.44. The van der Waals surface area contributed by atoms with Gasteiger partial charge in [-0.3, -0.25) is 0 Å². The highest BCUT2D eigenvalue weighted by Gasteiger charge is 2.23. The summed E-state index contributed by atoms with van der Waals surface area (Å²) in [6.45, 7) is 0.459. The third-order valence-corrected chi connectivity index (χ3v) is 2.93. The van der Waals surface area contributed by atoms with Gasteiger partial charge in [-0.2, -0.15) is 0 Å². The zero-order valence-electron chi connectivity index (χ0n) is 8.84. The summed E-state index contributed by atoms with van der Waals surface area (Å²) in [5, 5.41) is 0. The van der Waals surface area contributed by atoms with Gasteiger partial charge in [0.05, 0.1) is 5.69 Å². The molecule has 0 spiro atoms. The van der Waals surface area contributed by atoms with Crippen LogP contribution in [-0.4, -0.2) is 16.6 Å². The number of aromatic nitrogens is 2. The number of para-hydroxylation sites is 2. The molecule has 1 aromatic carbocycles. The Kier molecular flexibility index (Phi) is 2.68. The highest BCUT2D eigenvalue weighted by Crippen LogP contribution is 2.35. The van der Waals surface area contributed by atoms with Gasteiger partial charge in [0.2, 0.25) is 0 Å². The molecule has 0 N–H and O–H groups in total. The van der Waals surface area contributed by atoms with E-state index in [1.165, 1.54) is 6.33 Å². The average molecular weight is 293 g/mol. The normalized spacial score (nSPS) is 17.8. The Morgan fingerprint density at radius 1 is 1.18 bits per heavy atom. The van der Waals surface area contributed by atoms with Gasteiger partial charge >= 0.3 is 0 Å². The quantitative estimate of drug-likeness (QED) is 0.758. The van der Waals surface area contributed by atoms with E-state index in [-0.39, 0.29) is 6.10 Å². The number of hydrogen-bond acceptors (Lipinski definition) is 4. The Morgan fingerprint density at radius 2 is 2.00 bits per heavy atom. The van der Waals surface area contributed by atoms with Crippen molar-refractivity contribution < 1.29 is 9.47 Å². The minimum absolute atomic E-state index is 0.191. The van der Waals surface area contributed by atoms with Crippen molar-refractivity contribution in [2.24, 2.45) is 0 Å². The van der Waals surface area contributed by atoms with Gasteiger partial charge in [0.1, 0.15) is 17.5 Å². The molecule has 86 valence electrons. The molecule has 1 aliphatic heterocycles. The van der Waals surface area contributed by atoms with Crippen molar-refractivity contribution in [2.45, 2.75) is 6.10 Å². The van der Waals surface area contributed by atoms with Crippen LogP contribution in [0.5, 0.6) is 11.5 Å². The molecule has 3 rings (SSSR count). The third-order valence-electron chi connectivity index (χ3n) is 2.49. The molecular formula is C12H9BrN2O2. The molecule has 1 aliphatic rings. The van der Waals surface area contributed by atoms with Crippen molar-refractivity contribution >= 4 is 15.9 Å². The molecule has 1 aromatic heterocycles. The second kappa shape index (κ2) is 4.33. The van der Waals surface area contributed by atoms with Crippen molar-refractivity contribution in [3.05, 3.63) is 47.0 Å². The largest absolute Gasteiger partial charge is 0.485 e. The van der Waals surface area contributed by atoms with Crippen LogP contribution in [0.2, 0.25) is 0 Å². The Balaban J connectivity index is 1.89. The van der Waals surface area contributed by atoms with E-state index in [9.17, 15) is 0 Å². The van der Waals surface area contributed by atoms with Crippen molar-refractivity contribution in [2.75, 3.05) is 6.61 Å². The molecule has 1 atom stereocenters. The van der Waals surface area contributed by atoms with Gasteiger partial charge in [-0.25, -0.2) is 9.97 Å². The van der Waals surface area contributed by atoms with E-state index in [1.54, 1.807) is 0 Å². The lowest BCUT2D eigenvalue weighted by molar-refractivity contribution is 0.0881. The van der Waals surface area contributed by atoms with Gasteiger partial charge in [-0.1, -0.05) is 12.1 Å². The fraction of sp³-hybridized carbons (Fsp3) is 0.167. The first-order chi connectivity index (χ1) is 8.33. The summed E-state index contributed by atoms with van der Waals surface area (Å²) >= 11 is 3.31. The lowest BCUT2D eigenvalue weighted by Crippen LogP contribution is -2.22. The van der Waals surface area contributed by atoms with E-state index in [4.69, 9.17) is 9.47 Å². The maximum atomic E-state index is 5.84. The number of rotatable bonds is 1. The van der Waals surface area contributed by atoms with E-state index in [1.807, 2.05) is 30.3 Å². The average Bonchev–Trinajstić information content (AvgIpc) is 2.38. The predicted molar refractivity (Wildman–Crippen MR) is 65.0 cm³/mol. The molecule has 17 heavy (non-hydrogen) atoms. The minimum Gasteiger partial charge on any atom is -0.485 e. The maximum absolute atomic E-state index is 5.84. The molecule has 2 aromatic rings. The van der Waals surface area contributed by atoms with Crippen LogP contribution in [-0.2, 0) is 0 Å². The van der Waals surface area contributed by atoms with Crippen LogP contribution in [0.1, 0.15) is 11.8 Å². The monoisotopic (exact) mass is 292 g/mol. The van der Waals surface area contributed by atoms with Crippen molar-refractivity contribution in [1.29, 1.82) is 0 Å². The zero-order chi connectivity index (χ0) is 11.7. The predicted octanol–water partition coefficient (Wildman–Crippen LogP) is 2.75. The SMILES string of the molecule is Brc1cc([C@H]2COc3ccccc3O2)ncn1.